The molecule has 1 heterocycles. The van der Waals surface area contributed by atoms with Crippen molar-refractivity contribution < 1.29 is 17.9 Å². The van der Waals surface area contributed by atoms with E-state index < -0.39 is 10.0 Å². The lowest BCUT2D eigenvalue weighted by molar-refractivity contribution is 0.103. The summed E-state index contributed by atoms with van der Waals surface area (Å²) >= 11 is 10.7. The van der Waals surface area contributed by atoms with Crippen molar-refractivity contribution in [3.8, 4) is 5.75 Å². The van der Waals surface area contributed by atoms with Crippen LogP contribution >= 0.6 is 38.9 Å². The summed E-state index contributed by atoms with van der Waals surface area (Å²) in [5.74, 6) is 0.185. The van der Waals surface area contributed by atoms with Crippen LogP contribution in [0.3, 0.4) is 0 Å². The molecule has 0 aliphatic rings. The third kappa shape index (κ3) is 4.86. The Balaban J connectivity index is 1.62. The molecule has 170 valence electrons. The Kier molecular flexibility index (Phi) is 6.67. The van der Waals surface area contributed by atoms with Gasteiger partial charge in [0.1, 0.15) is 5.75 Å². The lowest BCUT2D eigenvalue weighted by Crippen LogP contribution is -2.26. The number of ether oxygens (including phenoxy) is 1. The molecule has 4 rings (SSSR count). The molecule has 0 saturated carbocycles. The lowest BCUT2D eigenvalue weighted by atomic mass is 10.2. The topological polar surface area (TPSA) is 75.7 Å². The minimum Gasteiger partial charge on any atom is -0.495 e. The molecular weight excluding hydrogens is 548 g/mol. The van der Waals surface area contributed by atoms with Gasteiger partial charge in [0, 0.05) is 21.2 Å². The molecule has 1 N–H and O–H groups in total. The molecule has 3 aromatic carbocycles. The standard InChI is InChI=1S/C23H18BrClN2O4S2/c1-27(33(29,30)18-7-3-15(24)4-8-18)17-6-10-21-14(11-17)12-22(32-21)23(28)26-19-13-16(25)5-9-20(19)31-2/h3-13H,1-2H3,(H,26,28). The van der Waals surface area contributed by atoms with Gasteiger partial charge in [-0.3, -0.25) is 9.10 Å². The zero-order valence-electron chi connectivity index (χ0n) is 17.5. The summed E-state index contributed by atoms with van der Waals surface area (Å²) in [5.41, 5.74) is 0.958. The highest BCUT2D eigenvalue weighted by molar-refractivity contribution is 9.10. The fraction of sp³-hybridized carbons (Fsp3) is 0.0870. The molecule has 33 heavy (non-hydrogen) atoms. The molecule has 10 heteroatoms. The Hall–Kier alpha value is -2.59. The fourth-order valence-corrected chi connectivity index (χ4v) is 5.77. The number of rotatable bonds is 6. The van der Waals surface area contributed by atoms with E-state index in [2.05, 4.69) is 21.2 Å². The summed E-state index contributed by atoms with van der Waals surface area (Å²) in [6, 6.07) is 18.4. The molecule has 0 unspecified atom stereocenters. The Bertz CT molecular complexity index is 1450. The van der Waals surface area contributed by atoms with Crippen molar-refractivity contribution in [1.29, 1.82) is 0 Å². The van der Waals surface area contributed by atoms with Gasteiger partial charge < -0.3 is 10.1 Å². The van der Waals surface area contributed by atoms with Crippen LogP contribution in [0, 0.1) is 0 Å². The number of nitrogens with zero attached hydrogens (tertiary/aromatic N) is 1. The first-order valence-electron chi connectivity index (χ1n) is 9.62. The highest BCUT2D eigenvalue weighted by Crippen LogP contribution is 2.33. The number of thiophene rings is 1. The molecule has 0 aliphatic carbocycles. The summed E-state index contributed by atoms with van der Waals surface area (Å²) in [4.78, 5) is 13.5. The van der Waals surface area contributed by atoms with Crippen LogP contribution in [0.25, 0.3) is 10.1 Å². The van der Waals surface area contributed by atoms with Crippen LogP contribution in [0.5, 0.6) is 5.75 Å². The molecule has 6 nitrogen and oxygen atoms in total. The summed E-state index contributed by atoms with van der Waals surface area (Å²) in [6.07, 6.45) is 0. The number of hydrogen-bond acceptors (Lipinski definition) is 5. The number of halogens is 2. The molecule has 1 amide bonds. The Labute approximate surface area is 208 Å². The summed E-state index contributed by atoms with van der Waals surface area (Å²) in [6.45, 7) is 0. The van der Waals surface area contributed by atoms with Gasteiger partial charge in [-0.05, 0) is 72.1 Å². The van der Waals surface area contributed by atoms with E-state index in [0.717, 1.165) is 14.6 Å². The highest BCUT2D eigenvalue weighted by Gasteiger charge is 2.22. The number of carbonyl (C=O) groups excluding carboxylic acids is 1. The van der Waals surface area contributed by atoms with Crippen molar-refractivity contribution >= 4 is 76.3 Å². The summed E-state index contributed by atoms with van der Waals surface area (Å²) in [5, 5.41) is 4.06. The van der Waals surface area contributed by atoms with E-state index in [9.17, 15) is 13.2 Å². The maximum atomic E-state index is 13.0. The second kappa shape index (κ2) is 9.34. The van der Waals surface area contributed by atoms with Crippen LogP contribution in [-0.4, -0.2) is 28.5 Å². The molecule has 4 aromatic rings. The number of carbonyl (C=O) groups is 1. The minimum atomic E-state index is -3.73. The molecule has 0 bridgehead atoms. The first-order valence-corrected chi connectivity index (χ1v) is 13.0. The van der Waals surface area contributed by atoms with Crippen molar-refractivity contribution in [2.24, 2.45) is 0 Å². The Morgan fingerprint density at radius 2 is 1.79 bits per heavy atom. The van der Waals surface area contributed by atoms with Crippen LogP contribution in [0.2, 0.25) is 5.02 Å². The monoisotopic (exact) mass is 564 g/mol. The van der Waals surface area contributed by atoms with Gasteiger partial charge in [0.25, 0.3) is 15.9 Å². The molecule has 1 aromatic heterocycles. The third-order valence-corrected chi connectivity index (χ3v) is 8.65. The van der Waals surface area contributed by atoms with Gasteiger partial charge in [-0.2, -0.15) is 0 Å². The number of amides is 1. The van der Waals surface area contributed by atoms with Gasteiger partial charge in [-0.15, -0.1) is 11.3 Å². The van der Waals surface area contributed by atoms with Gasteiger partial charge in [0.15, 0.2) is 0 Å². The molecule has 0 saturated heterocycles. The SMILES string of the molecule is COc1ccc(Cl)cc1NC(=O)c1cc2cc(N(C)S(=O)(=O)c3ccc(Br)cc3)ccc2s1. The van der Waals surface area contributed by atoms with Crippen molar-refractivity contribution in [2.75, 3.05) is 23.8 Å². The predicted octanol–water partition coefficient (Wildman–Crippen LogP) is 6.40. The Morgan fingerprint density at radius 1 is 1.06 bits per heavy atom. The van der Waals surface area contributed by atoms with E-state index in [1.165, 1.54) is 29.8 Å². The van der Waals surface area contributed by atoms with Crippen molar-refractivity contribution in [3.63, 3.8) is 0 Å². The zero-order chi connectivity index (χ0) is 23.8. The van der Waals surface area contributed by atoms with E-state index in [0.29, 0.717) is 27.0 Å². The average molecular weight is 566 g/mol. The first-order chi connectivity index (χ1) is 15.7. The van der Waals surface area contributed by atoms with Gasteiger partial charge in [0.2, 0.25) is 0 Å². The predicted molar refractivity (Wildman–Crippen MR) is 138 cm³/mol. The largest absolute Gasteiger partial charge is 0.495 e. The number of fused-ring (bicyclic) bond motifs is 1. The summed E-state index contributed by atoms with van der Waals surface area (Å²) in [7, 11) is -0.713. The average Bonchev–Trinajstić information content (AvgIpc) is 3.22. The van der Waals surface area contributed by atoms with Gasteiger partial charge in [0.05, 0.1) is 28.3 Å². The van der Waals surface area contributed by atoms with Crippen LogP contribution in [0.15, 0.2) is 76.1 Å². The van der Waals surface area contributed by atoms with Crippen LogP contribution < -0.4 is 14.4 Å². The van der Waals surface area contributed by atoms with Gasteiger partial charge in [-0.1, -0.05) is 27.5 Å². The molecule has 0 spiro atoms. The zero-order valence-corrected chi connectivity index (χ0v) is 21.5. The number of hydrogen-bond donors (Lipinski definition) is 1. The fourth-order valence-electron chi connectivity index (χ4n) is 3.20. The number of anilines is 2. The second-order valence-electron chi connectivity index (χ2n) is 7.06. The second-order valence-corrected chi connectivity index (χ2v) is 11.5. The van der Waals surface area contributed by atoms with Crippen molar-refractivity contribution in [2.45, 2.75) is 4.90 Å². The quantitative estimate of drug-likeness (QED) is 0.293. The smallest absolute Gasteiger partial charge is 0.265 e. The molecule has 0 radical (unpaired) electrons. The number of benzene rings is 3. The van der Waals surface area contributed by atoms with E-state index >= 15 is 0 Å². The van der Waals surface area contributed by atoms with Crippen LogP contribution in [0.1, 0.15) is 9.67 Å². The highest BCUT2D eigenvalue weighted by atomic mass is 79.9. The molecular formula is C23H18BrClN2O4S2. The van der Waals surface area contributed by atoms with Crippen molar-refractivity contribution in [3.05, 3.63) is 81.1 Å². The number of methoxy groups -OCH3 is 1. The molecule has 0 aliphatic heterocycles. The maximum Gasteiger partial charge on any atom is 0.265 e. The summed E-state index contributed by atoms with van der Waals surface area (Å²) < 4.78 is 34.2. The van der Waals surface area contributed by atoms with Crippen LogP contribution in [0.4, 0.5) is 11.4 Å². The van der Waals surface area contributed by atoms with Gasteiger partial charge >= 0.3 is 0 Å². The minimum absolute atomic E-state index is 0.189. The Morgan fingerprint density at radius 3 is 2.48 bits per heavy atom. The lowest BCUT2D eigenvalue weighted by Gasteiger charge is -2.19. The van der Waals surface area contributed by atoms with Crippen molar-refractivity contribution in [1.82, 2.24) is 0 Å². The molecule has 0 fully saturated rings. The van der Waals surface area contributed by atoms with E-state index in [-0.39, 0.29) is 10.8 Å². The number of sulfonamides is 1. The van der Waals surface area contributed by atoms with E-state index in [4.69, 9.17) is 16.3 Å². The normalized spacial score (nSPS) is 11.4. The van der Waals surface area contributed by atoms with Gasteiger partial charge in [-0.25, -0.2) is 8.42 Å². The molecule has 0 atom stereocenters. The first kappa shape index (κ1) is 23.6. The maximum absolute atomic E-state index is 13.0. The van der Waals surface area contributed by atoms with E-state index in [1.54, 1.807) is 66.7 Å². The van der Waals surface area contributed by atoms with Crippen LogP contribution in [-0.2, 0) is 10.0 Å². The number of nitrogens with one attached hydrogen (secondary N) is 1. The third-order valence-electron chi connectivity index (χ3n) is 4.97. The van der Waals surface area contributed by atoms with E-state index in [1.807, 2.05) is 0 Å².